The van der Waals surface area contributed by atoms with Gasteiger partial charge in [-0.2, -0.15) is 0 Å². The Balaban J connectivity index is 2.38. The Morgan fingerprint density at radius 2 is 1.80 bits per heavy atom. The molecule has 1 aliphatic heterocycles. The van der Waals surface area contributed by atoms with Gasteiger partial charge in [-0.15, -0.1) is 0 Å². The molecule has 4 heteroatoms. The van der Waals surface area contributed by atoms with E-state index in [2.05, 4.69) is 9.78 Å². The van der Waals surface area contributed by atoms with Crippen LogP contribution < -0.4 is 0 Å². The van der Waals surface area contributed by atoms with E-state index in [1.165, 1.54) is 0 Å². The van der Waals surface area contributed by atoms with Gasteiger partial charge in [0.15, 0.2) is 0 Å². The van der Waals surface area contributed by atoms with Gasteiger partial charge in [0, 0.05) is 0 Å². The molecule has 1 saturated heterocycles. The standard InChI is InChI=1S/CH3AsO3/c2-1(3)4-5-1/h3H,2H2. The quantitative estimate of drug-likeness (QED) is 0.243. The molecule has 3 nitrogen and oxygen atoms in total. The van der Waals surface area contributed by atoms with Gasteiger partial charge in [-0.3, -0.25) is 0 Å². The van der Waals surface area contributed by atoms with Crippen LogP contribution in [0.5, 0.6) is 0 Å². The normalized spacial score (nSPS) is 30.0. The van der Waals surface area contributed by atoms with Crippen molar-refractivity contribution in [2.75, 3.05) is 0 Å². The Morgan fingerprint density at radius 3 is 1.80 bits per heavy atom. The summed E-state index contributed by atoms with van der Waals surface area (Å²) in [7, 11) is 0. The van der Waals surface area contributed by atoms with Crippen LogP contribution in [0.15, 0.2) is 0 Å². The fourth-order valence-electron chi connectivity index (χ4n) is 0.0427. The van der Waals surface area contributed by atoms with E-state index in [1.54, 1.807) is 0 Å². The van der Waals surface area contributed by atoms with Gasteiger partial charge in [-0.05, 0) is 0 Å². The van der Waals surface area contributed by atoms with Crippen molar-refractivity contribution in [2.45, 2.75) is 4.76 Å². The fourth-order valence-corrected chi connectivity index (χ4v) is 0.144. The van der Waals surface area contributed by atoms with Gasteiger partial charge in [0.1, 0.15) is 0 Å². The third kappa shape index (κ3) is 0.892. The van der Waals surface area contributed by atoms with Crippen molar-refractivity contribution in [3.63, 3.8) is 0 Å². The molecule has 0 aromatic heterocycles. The van der Waals surface area contributed by atoms with Gasteiger partial charge < -0.3 is 0 Å². The molecule has 0 bridgehead atoms. The van der Waals surface area contributed by atoms with E-state index in [-0.39, 0.29) is 0 Å². The molecular formula is CH3AsO3. The number of hydrogen-bond donors (Lipinski definition) is 1. The first kappa shape index (κ1) is 3.62. The van der Waals surface area contributed by atoms with Crippen LogP contribution >= 0.6 is 0 Å². The molecule has 0 aromatic rings. The zero-order chi connectivity index (χ0) is 3.91. The van der Waals surface area contributed by atoms with Gasteiger partial charge in [0.25, 0.3) is 0 Å². The van der Waals surface area contributed by atoms with Crippen molar-refractivity contribution >= 4 is 16.9 Å². The van der Waals surface area contributed by atoms with Crippen molar-refractivity contribution in [2.24, 2.45) is 0 Å². The molecule has 0 aliphatic carbocycles. The minimum atomic E-state index is -1.19. The Bertz CT molecular complexity index is 44.9. The third-order valence-electron chi connectivity index (χ3n) is 0.254. The third-order valence-corrected chi connectivity index (χ3v) is 0.658. The van der Waals surface area contributed by atoms with Crippen LogP contribution in [0.1, 0.15) is 0 Å². The molecule has 1 aliphatic rings. The summed E-state index contributed by atoms with van der Waals surface area (Å²) in [5.41, 5.74) is 0. The minimum absolute atomic E-state index is 1.01. The molecule has 1 N–H and O–H groups in total. The maximum absolute atomic E-state index is 8.22. The molecular weight excluding hydrogens is 135 g/mol. The van der Waals surface area contributed by atoms with Crippen LogP contribution in [0.25, 0.3) is 0 Å². The van der Waals surface area contributed by atoms with E-state index in [0.717, 1.165) is 16.9 Å². The SMILES string of the molecule is OC1([AsH2])OO1. The maximum atomic E-state index is 8.22. The fraction of sp³-hybridized carbons (Fsp3) is 1.00. The zero-order valence-electron chi connectivity index (χ0n) is 2.34. The molecule has 0 aromatic carbocycles. The van der Waals surface area contributed by atoms with E-state index >= 15 is 0 Å². The second-order valence-electron chi connectivity index (χ2n) is 0.797. The van der Waals surface area contributed by atoms with Crippen molar-refractivity contribution in [1.29, 1.82) is 0 Å². The summed E-state index contributed by atoms with van der Waals surface area (Å²) in [6.07, 6.45) is 0. The summed E-state index contributed by atoms with van der Waals surface area (Å²) in [5.74, 6) is 0. The summed E-state index contributed by atoms with van der Waals surface area (Å²) < 4.78 is -1.19. The predicted molar refractivity (Wildman–Crippen MR) is 15.7 cm³/mol. The summed E-state index contributed by atoms with van der Waals surface area (Å²) in [6.45, 7) is 0. The molecule has 1 unspecified atom stereocenters. The zero-order valence-corrected chi connectivity index (χ0v) is 4.76. The van der Waals surface area contributed by atoms with Gasteiger partial charge in [0.05, 0.1) is 0 Å². The van der Waals surface area contributed by atoms with Crippen LogP contribution in [0.3, 0.4) is 0 Å². The average Bonchev–Trinajstić information content (AvgIpc) is 1.76. The first-order valence-electron chi connectivity index (χ1n) is 1.09. The molecule has 5 heavy (non-hydrogen) atoms. The van der Waals surface area contributed by atoms with Crippen molar-refractivity contribution in [1.82, 2.24) is 0 Å². The molecule has 0 saturated carbocycles. The van der Waals surface area contributed by atoms with Gasteiger partial charge in [-0.25, -0.2) is 0 Å². The Morgan fingerprint density at radius 1 is 1.60 bits per heavy atom. The van der Waals surface area contributed by atoms with Crippen LogP contribution in [0, 0.1) is 0 Å². The molecule has 30 valence electrons. The average molecular weight is 138 g/mol. The number of hydrogen-bond acceptors (Lipinski definition) is 3. The molecule has 1 rings (SSSR count). The summed E-state index contributed by atoms with van der Waals surface area (Å²) in [4.78, 5) is 7.96. The van der Waals surface area contributed by atoms with E-state index in [4.69, 9.17) is 5.11 Å². The van der Waals surface area contributed by atoms with Crippen LogP contribution in [-0.4, -0.2) is 26.7 Å². The first-order chi connectivity index (χ1) is 2.21. The van der Waals surface area contributed by atoms with Gasteiger partial charge >= 0.3 is 36.5 Å². The van der Waals surface area contributed by atoms with E-state index in [9.17, 15) is 0 Å². The van der Waals surface area contributed by atoms with E-state index in [0.29, 0.717) is 0 Å². The topological polar surface area (TPSA) is 45.3 Å². The molecule has 1 fully saturated rings. The van der Waals surface area contributed by atoms with Crippen LogP contribution in [0.4, 0.5) is 0 Å². The van der Waals surface area contributed by atoms with Crippen LogP contribution in [0.2, 0.25) is 0 Å². The van der Waals surface area contributed by atoms with Crippen molar-refractivity contribution < 1.29 is 14.9 Å². The molecule has 0 spiro atoms. The van der Waals surface area contributed by atoms with Gasteiger partial charge in [-0.1, -0.05) is 0 Å². The second-order valence-corrected chi connectivity index (χ2v) is 2.33. The Hall–Kier alpha value is 0.438. The van der Waals surface area contributed by atoms with Crippen LogP contribution in [-0.2, 0) is 9.78 Å². The summed E-state index contributed by atoms with van der Waals surface area (Å²) >= 11 is 1.01. The monoisotopic (exact) mass is 138 g/mol. The molecule has 0 amide bonds. The number of rotatable bonds is 0. The molecule has 1 atom stereocenters. The van der Waals surface area contributed by atoms with Crippen molar-refractivity contribution in [3.8, 4) is 0 Å². The second kappa shape index (κ2) is 0.737. The predicted octanol–water partition coefficient (Wildman–Crippen LogP) is -1.82. The van der Waals surface area contributed by atoms with E-state index < -0.39 is 4.76 Å². The Kier molecular flexibility index (Phi) is 0.534. The van der Waals surface area contributed by atoms with E-state index in [1.807, 2.05) is 0 Å². The summed E-state index contributed by atoms with van der Waals surface area (Å²) in [5, 5.41) is 8.22. The summed E-state index contributed by atoms with van der Waals surface area (Å²) in [6, 6.07) is 0. The van der Waals surface area contributed by atoms with Crippen molar-refractivity contribution in [3.05, 3.63) is 0 Å². The molecule has 1 heterocycles. The Labute approximate surface area is 37.3 Å². The first-order valence-corrected chi connectivity index (χ1v) is 2.30. The van der Waals surface area contributed by atoms with Gasteiger partial charge in [0.2, 0.25) is 0 Å². The molecule has 0 radical (unpaired) electrons. The number of aliphatic hydroxyl groups is 1.